The Bertz CT molecular complexity index is 2520. The molecule has 8 bridgehead atoms. The van der Waals surface area contributed by atoms with E-state index >= 15 is 0 Å². The molecule has 4 aliphatic heterocycles. The lowest BCUT2D eigenvalue weighted by Crippen LogP contribution is -2.67. The normalized spacial score (nSPS) is 26.2. The molecule has 3 fully saturated rings. The fourth-order valence-electron chi connectivity index (χ4n) is 10.7. The smallest absolute Gasteiger partial charge is 0.355 e. The predicted molar refractivity (Wildman–Crippen MR) is 247 cm³/mol. The lowest BCUT2D eigenvalue weighted by atomic mass is 9.83. The Hall–Kier alpha value is -5.39. The number of fused-ring (bicyclic) bond motifs is 8. The van der Waals surface area contributed by atoms with Crippen LogP contribution in [0.1, 0.15) is 90.2 Å². The summed E-state index contributed by atoms with van der Waals surface area (Å²) >= 11 is 0. The van der Waals surface area contributed by atoms with Gasteiger partial charge in [0.2, 0.25) is 17.5 Å². The zero-order chi connectivity index (χ0) is 47.4. The van der Waals surface area contributed by atoms with Crippen molar-refractivity contribution in [3.8, 4) is 28.1 Å². The summed E-state index contributed by atoms with van der Waals surface area (Å²) < 4.78 is 20.0. The summed E-state index contributed by atoms with van der Waals surface area (Å²) in [6, 6.07) is 12.5. The van der Waals surface area contributed by atoms with E-state index < -0.39 is 53.0 Å². The molecule has 16 heteroatoms. The number of nitrogens with two attached hydrogens (primary N) is 1. The number of esters is 1. The summed E-state index contributed by atoms with van der Waals surface area (Å²) in [5, 5.41) is 28.3. The maximum atomic E-state index is 14.8. The second kappa shape index (κ2) is 18.4. The van der Waals surface area contributed by atoms with Gasteiger partial charge in [-0.2, -0.15) is 5.43 Å². The Morgan fingerprint density at radius 1 is 1.09 bits per heavy atom. The van der Waals surface area contributed by atoms with Gasteiger partial charge in [-0.3, -0.25) is 24.4 Å². The Morgan fingerprint density at radius 3 is 2.55 bits per heavy atom. The fraction of sp³-hybridized carbons (Fsp3) is 0.540. The number of amides is 3. The summed E-state index contributed by atoms with van der Waals surface area (Å²) in [5.74, 6) is -3.44. The Morgan fingerprint density at radius 2 is 1.85 bits per heavy atom. The number of hydrogen-bond acceptors (Lipinski definition) is 12. The molecule has 2 aromatic heterocycles. The summed E-state index contributed by atoms with van der Waals surface area (Å²) in [6.45, 7) is 12.4. The van der Waals surface area contributed by atoms with Crippen LogP contribution in [0.4, 0.5) is 0 Å². The van der Waals surface area contributed by atoms with E-state index in [9.17, 15) is 29.4 Å². The van der Waals surface area contributed by atoms with Crippen molar-refractivity contribution >= 4 is 34.6 Å². The van der Waals surface area contributed by atoms with E-state index in [2.05, 4.69) is 34.4 Å². The summed E-state index contributed by atoms with van der Waals surface area (Å²) in [7, 11) is 3.23. The van der Waals surface area contributed by atoms with Crippen LogP contribution >= 0.6 is 0 Å². The highest BCUT2D eigenvalue weighted by atomic mass is 16.6. The molecule has 4 aromatic rings. The molecule has 3 amide bonds. The summed E-state index contributed by atoms with van der Waals surface area (Å²) in [6.07, 6.45) is 3.02. The average molecular weight is 908 g/mol. The van der Waals surface area contributed by atoms with Gasteiger partial charge in [-0.1, -0.05) is 39.8 Å². The molecule has 0 saturated carbocycles. The van der Waals surface area contributed by atoms with Crippen LogP contribution in [-0.2, 0) is 52.8 Å². The third kappa shape index (κ3) is 8.81. The largest absolute Gasteiger partial charge is 0.508 e. The number of benzene rings is 2. The van der Waals surface area contributed by atoms with Gasteiger partial charge in [-0.15, -0.1) is 0 Å². The van der Waals surface area contributed by atoms with E-state index in [1.165, 1.54) is 4.90 Å². The van der Waals surface area contributed by atoms with Crippen LogP contribution in [0.5, 0.6) is 5.75 Å². The van der Waals surface area contributed by atoms with Gasteiger partial charge in [-0.25, -0.2) is 4.79 Å². The minimum Gasteiger partial charge on any atom is -0.508 e. The number of rotatable bonds is 9. The molecule has 6 heterocycles. The van der Waals surface area contributed by atoms with Crippen LogP contribution in [0.2, 0.25) is 0 Å². The number of ether oxygens (including phenoxy) is 3. The summed E-state index contributed by atoms with van der Waals surface area (Å²) in [5.41, 5.74) is 13.0. The zero-order valence-electron chi connectivity index (χ0n) is 39.3. The maximum Gasteiger partial charge on any atom is 0.355 e. The highest BCUT2D eigenvalue weighted by Crippen LogP contribution is 2.43. The standard InChI is InChI=1S/C50H65N7O9/c1-9-56-37-14-13-30-24-34(37)35(44(56)33-12-10-18-52-42(33)28(4)64-8)25-49(5,6)26-65-48(62)50(63)17-11-19-57(54-50)46(60)36(22-29-20-31(30)23-32(58)21-29)53-45(59)43(27(2)3)55(7)47(61)40-38-15-16-39(66-38)41(40)51/h10,12-14,18,20-21,23-24,27-28,36,38-41,43,54,58,63H,9,11,15-17,19,22,25-26,51H2,1-8H3,(H,53,59)/t28-,36-,38+,39-,40+,41-,43-,50-/m0/s1. The molecule has 4 aliphatic rings. The number of methoxy groups -OCH3 is 1. The number of phenols is 1. The molecule has 2 aromatic carbocycles. The van der Waals surface area contributed by atoms with E-state index in [0.717, 1.165) is 50.4 Å². The average Bonchev–Trinajstić information content (AvgIpc) is 3.98. The first kappa shape index (κ1) is 47.1. The Labute approximate surface area is 386 Å². The maximum absolute atomic E-state index is 14.8. The van der Waals surface area contributed by atoms with Gasteiger partial charge < -0.3 is 44.9 Å². The fourth-order valence-corrected chi connectivity index (χ4v) is 10.7. The number of aliphatic hydroxyl groups is 1. The number of nitrogens with one attached hydrogen (secondary N) is 2. The third-order valence-electron chi connectivity index (χ3n) is 14.1. The van der Waals surface area contributed by atoms with Crippen LogP contribution in [0.15, 0.2) is 54.7 Å². The van der Waals surface area contributed by atoms with Crippen molar-refractivity contribution < 1.29 is 43.6 Å². The number of pyridine rings is 1. The number of nitrogens with zero attached hydrogens (tertiary/aromatic N) is 4. The van der Waals surface area contributed by atoms with Crippen molar-refractivity contribution in [2.24, 2.45) is 23.0 Å². The molecule has 0 aliphatic carbocycles. The first-order valence-corrected chi connectivity index (χ1v) is 23.3. The first-order chi connectivity index (χ1) is 31.3. The van der Waals surface area contributed by atoms with E-state index in [4.69, 9.17) is 24.9 Å². The molecule has 16 nitrogen and oxygen atoms in total. The molecule has 8 atom stereocenters. The van der Waals surface area contributed by atoms with Crippen LogP contribution in [0, 0.1) is 17.3 Å². The molecule has 3 saturated heterocycles. The third-order valence-corrected chi connectivity index (χ3v) is 14.1. The predicted octanol–water partition coefficient (Wildman–Crippen LogP) is 4.76. The quantitative estimate of drug-likeness (QED) is 0.144. The van der Waals surface area contributed by atoms with Gasteiger partial charge >= 0.3 is 5.97 Å². The number of phenolic OH excluding ortho intramolecular Hbond substituents is 1. The van der Waals surface area contributed by atoms with Crippen molar-refractivity contribution in [3.63, 3.8) is 0 Å². The number of hydrogen-bond donors (Lipinski definition) is 5. The first-order valence-electron chi connectivity index (χ1n) is 23.3. The van der Waals surface area contributed by atoms with Gasteiger partial charge in [0.1, 0.15) is 17.8 Å². The molecule has 66 heavy (non-hydrogen) atoms. The van der Waals surface area contributed by atoms with Gasteiger partial charge in [0.05, 0.1) is 42.2 Å². The lowest BCUT2D eigenvalue weighted by Gasteiger charge is -2.40. The number of cyclic esters (lactones) is 1. The van der Waals surface area contributed by atoms with Crippen LogP contribution in [0.3, 0.4) is 0 Å². The van der Waals surface area contributed by atoms with Gasteiger partial charge in [0.25, 0.3) is 5.91 Å². The molecular formula is C50H65N7O9. The van der Waals surface area contributed by atoms with Crippen molar-refractivity contribution in [1.29, 1.82) is 0 Å². The Balaban J connectivity index is 1.23. The minimum atomic E-state index is -2.25. The van der Waals surface area contributed by atoms with Crippen molar-refractivity contribution in [2.75, 3.05) is 27.3 Å². The number of aromatic nitrogens is 2. The highest BCUT2D eigenvalue weighted by molar-refractivity contribution is 5.96. The van der Waals surface area contributed by atoms with Crippen LogP contribution < -0.4 is 16.5 Å². The topological polar surface area (TPSA) is 211 Å². The number of aromatic hydroxyl groups is 1. The van der Waals surface area contributed by atoms with Gasteiger partial charge in [-0.05, 0) is 104 Å². The number of carbonyl (C=O) groups is 4. The van der Waals surface area contributed by atoms with Gasteiger partial charge in [0.15, 0.2) is 0 Å². The molecule has 0 unspecified atom stereocenters. The van der Waals surface area contributed by atoms with Crippen LogP contribution in [0.25, 0.3) is 33.3 Å². The SMILES string of the molecule is CCn1c(-c2cccnc2[C@H](C)OC)c2c3cc(ccc31)-c1cc(O)cc(c1)C[C@H](NC(=O)[C@H](C(C)C)N(C)C(=O)[C@H]1[C@@H](N)[C@@H]3CC[C@H]1O3)C(=O)N1CCC[C@@](O)(N1)C(=O)OCC(C)(C)C2. The molecule has 6 N–H and O–H groups in total. The number of hydrazine groups is 1. The minimum absolute atomic E-state index is 0.0292. The van der Waals surface area contributed by atoms with E-state index in [1.807, 2.05) is 58.9 Å². The van der Waals surface area contributed by atoms with Crippen molar-refractivity contribution in [2.45, 2.75) is 129 Å². The van der Waals surface area contributed by atoms with Crippen LogP contribution in [-0.4, -0.2) is 117 Å². The molecule has 0 spiro atoms. The lowest BCUT2D eigenvalue weighted by molar-refractivity contribution is -0.189. The van der Waals surface area contributed by atoms with E-state index in [0.29, 0.717) is 30.5 Å². The number of likely N-dealkylation sites (N-methyl/N-ethyl adjacent to an activating group) is 1. The molecule has 0 radical (unpaired) electrons. The second-order valence-corrected chi connectivity index (χ2v) is 19.8. The van der Waals surface area contributed by atoms with Gasteiger partial charge in [0, 0.05) is 74.2 Å². The summed E-state index contributed by atoms with van der Waals surface area (Å²) in [4.78, 5) is 63.6. The monoisotopic (exact) mass is 907 g/mol. The van der Waals surface area contributed by atoms with E-state index in [1.54, 1.807) is 32.5 Å². The van der Waals surface area contributed by atoms with E-state index in [-0.39, 0.29) is 68.3 Å². The zero-order valence-corrected chi connectivity index (χ0v) is 39.3. The molecular weight excluding hydrogens is 843 g/mol. The number of aryl methyl sites for hydroxylation is 1. The highest BCUT2D eigenvalue weighted by Gasteiger charge is 2.53. The molecule has 354 valence electrons. The van der Waals surface area contributed by atoms with Crippen molar-refractivity contribution in [3.05, 3.63) is 71.5 Å². The van der Waals surface area contributed by atoms with Crippen molar-refractivity contribution in [1.82, 2.24) is 30.2 Å². The molecule has 8 rings (SSSR count). The number of carbonyl (C=O) groups excluding carboxylic acids is 4. The second-order valence-electron chi connectivity index (χ2n) is 19.8. The Kier molecular flexibility index (Phi) is 13.1.